The number of hydrogen-bond donors (Lipinski definition) is 2. The molecule has 2 aliphatic rings. The Labute approximate surface area is 159 Å². The van der Waals surface area contributed by atoms with Crippen LogP contribution in [0, 0.1) is 11.3 Å². The number of carbonyl (C=O) groups excluding carboxylic acids is 1. The highest BCUT2D eigenvalue weighted by atomic mass is 16.5. The number of ether oxygens (including phenoxy) is 1. The van der Waals surface area contributed by atoms with E-state index >= 15 is 0 Å². The fourth-order valence-corrected chi connectivity index (χ4v) is 4.31. The van der Waals surface area contributed by atoms with Crippen LogP contribution in [-0.2, 0) is 9.53 Å². The molecule has 0 aromatic carbocycles. The van der Waals surface area contributed by atoms with Crippen molar-refractivity contribution in [1.29, 1.82) is 0 Å². The standard InChI is InChI=1S/C20H38N4O2/c1-4-22-19(23-16-20(11-14-26-3)9-5-6-10-20)24-12-7-17(8-13-24)15-18(25)21-2/h17H,4-16H2,1-3H3,(H,21,25)(H,22,23). The van der Waals surface area contributed by atoms with Crippen LogP contribution in [0.4, 0.5) is 0 Å². The molecule has 1 amide bonds. The lowest BCUT2D eigenvalue weighted by Gasteiger charge is -2.35. The number of guanidine groups is 1. The minimum Gasteiger partial charge on any atom is -0.385 e. The summed E-state index contributed by atoms with van der Waals surface area (Å²) in [5.74, 6) is 1.71. The molecular formula is C20H38N4O2. The van der Waals surface area contributed by atoms with Crippen molar-refractivity contribution in [3.8, 4) is 0 Å². The number of rotatable bonds is 8. The van der Waals surface area contributed by atoms with E-state index in [9.17, 15) is 4.79 Å². The number of methoxy groups -OCH3 is 1. The Morgan fingerprint density at radius 1 is 1.27 bits per heavy atom. The van der Waals surface area contributed by atoms with Gasteiger partial charge in [0.1, 0.15) is 0 Å². The molecule has 0 radical (unpaired) electrons. The van der Waals surface area contributed by atoms with Gasteiger partial charge in [-0.15, -0.1) is 0 Å². The molecule has 2 fully saturated rings. The highest BCUT2D eigenvalue weighted by Crippen LogP contribution is 2.41. The van der Waals surface area contributed by atoms with E-state index < -0.39 is 0 Å². The second-order valence-corrected chi connectivity index (χ2v) is 7.93. The van der Waals surface area contributed by atoms with Crippen LogP contribution in [0.5, 0.6) is 0 Å². The van der Waals surface area contributed by atoms with Gasteiger partial charge in [-0.3, -0.25) is 9.79 Å². The second-order valence-electron chi connectivity index (χ2n) is 7.93. The minimum atomic E-state index is 0.158. The van der Waals surface area contributed by atoms with Crippen molar-refractivity contribution in [1.82, 2.24) is 15.5 Å². The van der Waals surface area contributed by atoms with Gasteiger partial charge in [0.2, 0.25) is 5.91 Å². The van der Waals surface area contributed by atoms with Gasteiger partial charge in [0.05, 0.1) is 0 Å². The summed E-state index contributed by atoms with van der Waals surface area (Å²) in [5.41, 5.74) is 0.328. The maximum Gasteiger partial charge on any atom is 0.220 e. The molecule has 6 heteroatoms. The van der Waals surface area contributed by atoms with E-state index in [1.54, 1.807) is 14.2 Å². The average Bonchev–Trinajstić information content (AvgIpc) is 3.13. The van der Waals surface area contributed by atoms with E-state index in [4.69, 9.17) is 9.73 Å². The Morgan fingerprint density at radius 2 is 1.96 bits per heavy atom. The van der Waals surface area contributed by atoms with Gasteiger partial charge in [0, 0.05) is 53.4 Å². The first kappa shape index (κ1) is 21.0. The van der Waals surface area contributed by atoms with Gasteiger partial charge >= 0.3 is 0 Å². The molecule has 1 aliphatic carbocycles. The van der Waals surface area contributed by atoms with Crippen molar-refractivity contribution in [2.45, 2.75) is 58.3 Å². The van der Waals surface area contributed by atoms with Gasteiger partial charge in [-0.1, -0.05) is 12.8 Å². The molecule has 150 valence electrons. The summed E-state index contributed by atoms with van der Waals surface area (Å²) in [6, 6.07) is 0. The third-order valence-corrected chi connectivity index (χ3v) is 6.07. The first-order valence-electron chi connectivity index (χ1n) is 10.4. The number of piperidine rings is 1. The van der Waals surface area contributed by atoms with Gasteiger partial charge in [-0.05, 0) is 50.4 Å². The fraction of sp³-hybridized carbons (Fsp3) is 0.900. The third-order valence-electron chi connectivity index (χ3n) is 6.07. The van der Waals surface area contributed by atoms with Crippen LogP contribution in [0.2, 0.25) is 0 Å². The zero-order valence-electron chi connectivity index (χ0n) is 17.0. The molecule has 0 aromatic heterocycles. The maximum atomic E-state index is 11.6. The number of carbonyl (C=O) groups is 1. The molecule has 6 nitrogen and oxygen atoms in total. The summed E-state index contributed by atoms with van der Waals surface area (Å²) in [4.78, 5) is 19.0. The molecule has 2 N–H and O–H groups in total. The van der Waals surface area contributed by atoms with Crippen molar-refractivity contribution >= 4 is 11.9 Å². The van der Waals surface area contributed by atoms with E-state index in [0.717, 1.165) is 58.0 Å². The van der Waals surface area contributed by atoms with E-state index in [0.29, 0.717) is 17.8 Å². The van der Waals surface area contributed by atoms with Gasteiger partial charge in [0.15, 0.2) is 5.96 Å². The predicted molar refractivity (Wildman–Crippen MR) is 106 cm³/mol. The van der Waals surface area contributed by atoms with Crippen LogP contribution in [0.25, 0.3) is 0 Å². The molecule has 0 aromatic rings. The van der Waals surface area contributed by atoms with Crippen LogP contribution in [0.15, 0.2) is 4.99 Å². The number of aliphatic imine (C=N–C) groups is 1. The molecule has 1 saturated carbocycles. The first-order valence-corrected chi connectivity index (χ1v) is 10.4. The summed E-state index contributed by atoms with van der Waals surface area (Å²) in [7, 11) is 3.51. The van der Waals surface area contributed by atoms with Crippen molar-refractivity contribution in [2.75, 3.05) is 46.9 Å². The van der Waals surface area contributed by atoms with Crippen LogP contribution in [0.1, 0.15) is 58.3 Å². The number of hydrogen-bond acceptors (Lipinski definition) is 3. The SMILES string of the molecule is CCNC(=NCC1(CCOC)CCCC1)N1CCC(CC(=O)NC)CC1. The van der Waals surface area contributed by atoms with Crippen LogP contribution < -0.4 is 10.6 Å². The zero-order chi connectivity index (χ0) is 18.8. The number of nitrogens with zero attached hydrogens (tertiary/aromatic N) is 2. The highest BCUT2D eigenvalue weighted by molar-refractivity contribution is 5.80. The summed E-state index contributed by atoms with van der Waals surface area (Å²) < 4.78 is 5.34. The molecule has 0 unspecified atom stereocenters. The van der Waals surface area contributed by atoms with Crippen LogP contribution in [-0.4, -0.2) is 63.7 Å². The molecule has 1 heterocycles. The number of nitrogens with one attached hydrogen (secondary N) is 2. The van der Waals surface area contributed by atoms with E-state index in [1.165, 1.54) is 25.7 Å². The predicted octanol–water partition coefficient (Wildman–Crippen LogP) is 2.40. The average molecular weight is 367 g/mol. The lowest BCUT2D eigenvalue weighted by Crippen LogP contribution is -2.46. The lowest BCUT2D eigenvalue weighted by molar-refractivity contribution is -0.121. The second kappa shape index (κ2) is 10.8. The van der Waals surface area contributed by atoms with Crippen molar-refractivity contribution < 1.29 is 9.53 Å². The van der Waals surface area contributed by atoms with E-state index in [1.807, 2.05) is 0 Å². The van der Waals surface area contributed by atoms with Gasteiger partial charge in [-0.25, -0.2) is 0 Å². The minimum absolute atomic E-state index is 0.158. The molecular weight excluding hydrogens is 328 g/mol. The Bertz CT molecular complexity index is 453. The molecule has 1 aliphatic heterocycles. The van der Waals surface area contributed by atoms with Gasteiger partial charge in [0.25, 0.3) is 0 Å². The van der Waals surface area contributed by atoms with E-state index in [2.05, 4.69) is 22.5 Å². The summed E-state index contributed by atoms with van der Waals surface area (Å²) in [6.45, 7) is 6.72. The molecule has 26 heavy (non-hydrogen) atoms. The Morgan fingerprint density at radius 3 is 2.54 bits per heavy atom. The van der Waals surface area contributed by atoms with Crippen molar-refractivity contribution in [2.24, 2.45) is 16.3 Å². The smallest absolute Gasteiger partial charge is 0.220 e. The lowest BCUT2D eigenvalue weighted by atomic mass is 9.83. The summed E-state index contributed by atoms with van der Waals surface area (Å²) in [5, 5.41) is 6.22. The number of amides is 1. The maximum absolute atomic E-state index is 11.6. The first-order chi connectivity index (χ1) is 12.6. The monoisotopic (exact) mass is 366 g/mol. The fourth-order valence-electron chi connectivity index (χ4n) is 4.31. The molecule has 1 saturated heterocycles. The Balaban J connectivity index is 1.93. The third kappa shape index (κ3) is 6.15. The molecule has 0 atom stereocenters. The van der Waals surface area contributed by atoms with E-state index in [-0.39, 0.29) is 5.91 Å². The normalized spacial score (nSPS) is 21.0. The largest absolute Gasteiger partial charge is 0.385 e. The van der Waals surface area contributed by atoms with Crippen LogP contribution in [0.3, 0.4) is 0 Å². The molecule has 0 spiro atoms. The summed E-state index contributed by atoms with van der Waals surface area (Å²) in [6.07, 6.45) is 9.07. The topological polar surface area (TPSA) is 66.0 Å². The Hall–Kier alpha value is -1.30. The highest BCUT2D eigenvalue weighted by Gasteiger charge is 2.33. The zero-order valence-corrected chi connectivity index (χ0v) is 17.0. The van der Waals surface area contributed by atoms with Gasteiger partial charge < -0.3 is 20.3 Å². The molecule has 2 rings (SSSR count). The molecule has 0 bridgehead atoms. The number of likely N-dealkylation sites (tertiary alicyclic amines) is 1. The van der Waals surface area contributed by atoms with Crippen molar-refractivity contribution in [3.63, 3.8) is 0 Å². The van der Waals surface area contributed by atoms with Crippen molar-refractivity contribution in [3.05, 3.63) is 0 Å². The Kier molecular flexibility index (Phi) is 8.69. The van der Waals surface area contributed by atoms with Gasteiger partial charge in [-0.2, -0.15) is 0 Å². The summed E-state index contributed by atoms with van der Waals surface area (Å²) >= 11 is 0. The van der Waals surface area contributed by atoms with Crippen LogP contribution >= 0.6 is 0 Å². The quantitative estimate of drug-likeness (QED) is 0.511.